The van der Waals surface area contributed by atoms with Gasteiger partial charge in [-0.1, -0.05) is 123 Å². The van der Waals surface area contributed by atoms with Gasteiger partial charge in [0.2, 0.25) is 5.79 Å². The lowest BCUT2D eigenvalue weighted by atomic mass is 10.0. The Morgan fingerprint density at radius 2 is 0.968 bits per heavy atom. The number of carbonyl (C=O) groups excluding carboxylic acids is 1. The van der Waals surface area contributed by atoms with Crippen molar-refractivity contribution in [3.8, 4) is 0 Å². The largest absolute Gasteiger partial charge is 0.351 e. The molecular formula is C27H55NO3. The lowest BCUT2D eigenvalue weighted by Gasteiger charge is -2.24. The van der Waals surface area contributed by atoms with Crippen LogP contribution in [-0.2, 0) is 14.3 Å². The van der Waals surface area contributed by atoms with E-state index in [9.17, 15) is 4.79 Å². The first-order chi connectivity index (χ1) is 15.0. The number of carbonyl (C=O) groups is 1. The molecule has 0 aliphatic carbocycles. The third-order valence-corrected chi connectivity index (χ3v) is 6.44. The number of methoxy groups -OCH3 is 2. The van der Waals surface area contributed by atoms with Crippen LogP contribution in [0.1, 0.15) is 136 Å². The average molecular weight is 442 g/mol. The van der Waals surface area contributed by atoms with Crippen LogP contribution >= 0.6 is 0 Å². The Kier molecular flexibility index (Phi) is 20.8. The normalized spacial score (nSPS) is 11.9. The summed E-state index contributed by atoms with van der Waals surface area (Å²) >= 11 is 0. The molecule has 0 heterocycles. The molecule has 0 aliphatic heterocycles. The first-order valence-electron chi connectivity index (χ1n) is 13.3. The Hall–Kier alpha value is -0.610. The molecule has 0 unspecified atom stereocenters. The summed E-state index contributed by atoms with van der Waals surface area (Å²) in [4.78, 5) is 12.0. The van der Waals surface area contributed by atoms with Crippen molar-refractivity contribution in [2.24, 2.45) is 5.92 Å². The van der Waals surface area contributed by atoms with E-state index in [4.69, 9.17) is 9.47 Å². The maximum absolute atomic E-state index is 12.0. The number of rotatable bonds is 23. The second-order valence-electron chi connectivity index (χ2n) is 9.80. The van der Waals surface area contributed by atoms with E-state index >= 15 is 0 Å². The van der Waals surface area contributed by atoms with E-state index < -0.39 is 5.79 Å². The predicted molar refractivity (Wildman–Crippen MR) is 133 cm³/mol. The Morgan fingerprint density at radius 3 is 1.29 bits per heavy atom. The van der Waals surface area contributed by atoms with E-state index in [0.29, 0.717) is 6.54 Å². The molecule has 0 aromatic rings. The zero-order valence-electron chi connectivity index (χ0n) is 21.7. The molecule has 0 spiro atoms. The highest BCUT2D eigenvalue weighted by molar-refractivity contribution is 5.83. The minimum absolute atomic E-state index is 0.199. The summed E-state index contributed by atoms with van der Waals surface area (Å²) in [5, 5.41) is 2.89. The zero-order chi connectivity index (χ0) is 23.2. The summed E-state index contributed by atoms with van der Waals surface area (Å²) in [6.07, 6.45) is 24.7. The Bertz CT molecular complexity index is 394. The maximum Gasteiger partial charge on any atom is 0.280 e. The van der Waals surface area contributed by atoms with Crippen molar-refractivity contribution >= 4 is 5.91 Å². The second-order valence-corrected chi connectivity index (χ2v) is 9.80. The van der Waals surface area contributed by atoms with E-state index in [1.54, 1.807) is 6.92 Å². The zero-order valence-corrected chi connectivity index (χ0v) is 21.7. The highest BCUT2D eigenvalue weighted by Crippen LogP contribution is 2.15. The van der Waals surface area contributed by atoms with Crippen molar-refractivity contribution in [2.75, 3.05) is 20.8 Å². The molecule has 0 saturated carbocycles. The number of amides is 1. The molecule has 4 heteroatoms. The van der Waals surface area contributed by atoms with Gasteiger partial charge in [0.05, 0.1) is 0 Å². The first kappa shape index (κ1) is 30.4. The summed E-state index contributed by atoms with van der Waals surface area (Å²) in [7, 11) is 2.97. The molecule has 1 N–H and O–H groups in total. The fourth-order valence-electron chi connectivity index (χ4n) is 3.96. The van der Waals surface area contributed by atoms with Crippen molar-refractivity contribution in [1.82, 2.24) is 5.32 Å². The van der Waals surface area contributed by atoms with Crippen molar-refractivity contribution < 1.29 is 14.3 Å². The molecule has 1 amide bonds. The lowest BCUT2D eigenvalue weighted by molar-refractivity contribution is -0.201. The van der Waals surface area contributed by atoms with Crippen molar-refractivity contribution in [3.05, 3.63) is 0 Å². The molecule has 4 nitrogen and oxygen atoms in total. The van der Waals surface area contributed by atoms with E-state index in [0.717, 1.165) is 12.3 Å². The van der Waals surface area contributed by atoms with E-state index in [1.807, 2.05) is 0 Å². The second kappa shape index (κ2) is 21.2. The SMILES string of the molecule is COC(C)(OC)C(=O)NCCCCCCCCCCCCCCCCCCCC(C)C. The number of hydrogen-bond acceptors (Lipinski definition) is 3. The number of ether oxygens (including phenoxy) is 2. The van der Waals surface area contributed by atoms with Gasteiger partial charge in [-0.3, -0.25) is 4.79 Å². The molecule has 31 heavy (non-hydrogen) atoms. The predicted octanol–water partition coefficient (Wildman–Crippen LogP) is 7.79. The van der Waals surface area contributed by atoms with Crippen molar-refractivity contribution in [3.63, 3.8) is 0 Å². The van der Waals surface area contributed by atoms with E-state index in [-0.39, 0.29) is 5.91 Å². The molecule has 0 atom stereocenters. The molecule has 0 aromatic heterocycles. The topological polar surface area (TPSA) is 47.6 Å². The first-order valence-corrected chi connectivity index (χ1v) is 13.3. The monoisotopic (exact) mass is 441 g/mol. The fraction of sp³-hybridized carbons (Fsp3) is 0.963. The van der Waals surface area contributed by atoms with Crippen molar-refractivity contribution in [1.29, 1.82) is 0 Å². The van der Waals surface area contributed by atoms with Gasteiger partial charge in [-0.15, -0.1) is 0 Å². The average Bonchev–Trinajstić information content (AvgIpc) is 2.76. The molecular weight excluding hydrogens is 386 g/mol. The molecule has 186 valence electrons. The summed E-state index contributed by atoms with van der Waals surface area (Å²) < 4.78 is 10.2. The standard InChI is InChI=1S/C27H55NO3/c1-25(2)23-21-19-17-15-13-11-9-7-6-8-10-12-14-16-18-20-22-24-28-26(29)27(3,30-4)31-5/h25H,6-24H2,1-5H3,(H,28,29). The summed E-state index contributed by atoms with van der Waals surface area (Å²) in [6, 6.07) is 0. The van der Waals surface area contributed by atoms with Crippen LogP contribution in [0.25, 0.3) is 0 Å². The van der Waals surface area contributed by atoms with Crippen LogP contribution in [0.3, 0.4) is 0 Å². The highest BCUT2D eigenvalue weighted by Gasteiger charge is 2.32. The Morgan fingerprint density at radius 1 is 0.645 bits per heavy atom. The Balaban J connectivity index is 3.21. The fourth-order valence-corrected chi connectivity index (χ4v) is 3.96. The van der Waals surface area contributed by atoms with Gasteiger partial charge in [0, 0.05) is 20.8 Å². The molecule has 0 fully saturated rings. The van der Waals surface area contributed by atoms with Gasteiger partial charge in [-0.2, -0.15) is 0 Å². The summed E-state index contributed by atoms with van der Waals surface area (Å²) in [6.45, 7) is 6.99. The van der Waals surface area contributed by atoms with Crippen LogP contribution in [0, 0.1) is 5.92 Å². The van der Waals surface area contributed by atoms with Gasteiger partial charge >= 0.3 is 0 Å². The number of nitrogens with one attached hydrogen (secondary N) is 1. The van der Waals surface area contributed by atoms with Crippen LogP contribution in [0.4, 0.5) is 0 Å². The third kappa shape index (κ3) is 18.6. The molecule has 0 rings (SSSR count). The minimum atomic E-state index is -1.17. The van der Waals surface area contributed by atoms with Gasteiger partial charge in [0.15, 0.2) is 0 Å². The van der Waals surface area contributed by atoms with Gasteiger partial charge < -0.3 is 14.8 Å². The molecule has 0 aliphatic rings. The molecule has 0 aromatic carbocycles. The smallest absolute Gasteiger partial charge is 0.280 e. The van der Waals surface area contributed by atoms with Crippen LogP contribution in [0.15, 0.2) is 0 Å². The van der Waals surface area contributed by atoms with Crippen LogP contribution in [0.5, 0.6) is 0 Å². The van der Waals surface area contributed by atoms with E-state index in [1.165, 1.54) is 123 Å². The lowest BCUT2D eigenvalue weighted by Crippen LogP contribution is -2.47. The van der Waals surface area contributed by atoms with Gasteiger partial charge in [0.1, 0.15) is 0 Å². The molecule has 0 radical (unpaired) electrons. The minimum Gasteiger partial charge on any atom is -0.351 e. The summed E-state index contributed by atoms with van der Waals surface area (Å²) in [5.41, 5.74) is 0. The Labute approximate surface area is 194 Å². The van der Waals surface area contributed by atoms with E-state index in [2.05, 4.69) is 19.2 Å². The van der Waals surface area contributed by atoms with Gasteiger partial charge in [-0.25, -0.2) is 0 Å². The highest BCUT2D eigenvalue weighted by atomic mass is 16.7. The maximum atomic E-state index is 12.0. The summed E-state index contributed by atoms with van der Waals surface area (Å²) in [5.74, 6) is -0.497. The third-order valence-electron chi connectivity index (χ3n) is 6.44. The number of unbranched alkanes of at least 4 members (excludes halogenated alkanes) is 16. The molecule has 0 saturated heterocycles. The van der Waals surface area contributed by atoms with Gasteiger partial charge in [0.25, 0.3) is 5.91 Å². The molecule has 0 bridgehead atoms. The van der Waals surface area contributed by atoms with Crippen LogP contribution in [0.2, 0.25) is 0 Å². The van der Waals surface area contributed by atoms with Crippen molar-refractivity contribution in [2.45, 2.75) is 142 Å². The quantitative estimate of drug-likeness (QED) is 0.130. The number of hydrogen-bond donors (Lipinski definition) is 1. The van der Waals surface area contributed by atoms with Crippen LogP contribution in [-0.4, -0.2) is 32.5 Å². The van der Waals surface area contributed by atoms with Crippen LogP contribution < -0.4 is 5.32 Å². The van der Waals surface area contributed by atoms with Gasteiger partial charge in [-0.05, 0) is 19.3 Å².